The quantitative estimate of drug-likeness (QED) is 0.657. The average molecular weight is 284 g/mol. The van der Waals surface area contributed by atoms with E-state index < -0.39 is 0 Å². The molecule has 0 saturated heterocycles. The minimum absolute atomic E-state index is 1.13. The molecule has 0 N–H and O–H groups in total. The third-order valence-electron chi connectivity index (χ3n) is 5.63. The van der Waals surface area contributed by atoms with E-state index in [2.05, 4.69) is 48.6 Å². The highest BCUT2D eigenvalue weighted by molar-refractivity contribution is 5.68. The summed E-state index contributed by atoms with van der Waals surface area (Å²) in [5.41, 5.74) is 12.4. The molecule has 0 aliphatic heterocycles. The molecule has 4 bridgehead atoms. The largest absolute Gasteiger partial charge is 0.0795 e. The van der Waals surface area contributed by atoms with E-state index in [4.69, 9.17) is 0 Å². The van der Waals surface area contributed by atoms with Crippen molar-refractivity contribution in [2.24, 2.45) is 0 Å². The van der Waals surface area contributed by atoms with Crippen LogP contribution in [0.1, 0.15) is 44.5 Å². The number of aryl methyl sites for hydroxylation is 4. The van der Waals surface area contributed by atoms with Crippen molar-refractivity contribution < 1.29 is 0 Å². The maximum Gasteiger partial charge on any atom is -0.00853 e. The molecule has 0 fully saturated rings. The van der Waals surface area contributed by atoms with Crippen LogP contribution in [0.25, 0.3) is 12.2 Å². The fourth-order valence-corrected chi connectivity index (χ4v) is 4.45. The van der Waals surface area contributed by atoms with Crippen molar-refractivity contribution in [2.45, 2.75) is 38.5 Å². The zero-order valence-corrected chi connectivity index (χ0v) is 12.9. The van der Waals surface area contributed by atoms with Gasteiger partial charge in [-0.25, -0.2) is 0 Å². The number of allylic oxidation sites excluding steroid dienone is 2. The number of hydrogen-bond donors (Lipinski definition) is 0. The van der Waals surface area contributed by atoms with Crippen molar-refractivity contribution in [1.29, 1.82) is 0 Å². The lowest BCUT2D eigenvalue weighted by atomic mass is 9.86. The molecule has 0 aromatic heterocycles. The van der Waals surface area contributed by atoms with Gasteiger partial charge in [0.1, 0.15) is 0 Å². The lowest BCUT2D eigenvalue weighted by molar-refractivity contribution is 0.894. The summed E-state index contributed by atoms with van der Waals surface area (Å²) in [5, 5.41) is 0. The molecule has 0 heteroatoms. The maximum absolute atomic E-state index is 2.39. The second kappa shape index (κ2) is 4.71. The molecule has 108 valence electrons. The summed E-state index contributed by atoms with van der Waals surface area (Å²) in [4.78, 5) is 0. The third-order valence-corrected chi connectivity index (χ3v) is 5.63. The van der Waals surface area contributed by atoms with Gasteiger partial charge in [0, 0.05) is 0 Å². The first-order chi connectivity index (χ1) is 10.9. The molecule has 0 atom stereocenters. The summed E-state index contributed by atoms with van der Waals surface area (Å²) in [5.74, 6) is 0. The monoisotopic (exact) mass is 284 g/mol. The molecule has 0 saturated carbocycles. The van der Waals surface area contributed by atoms with Gasteiger partial charge < -0.3 is 0 Å². The van der Waals surface area contributed by atoms with Crippen LogP contribution in [0.3, 0.4) is 0 Å². The molecule has 6 rings (SSSR count). The topological polar surface area (TPSA) is 0 Å². The fraction of sp³-hybridized carbons (Fsp3) is 0.273. The van der Waals surface area contributed by atoms with E-state index in [0.717, 1.165) is 12.8 Å². The Labute approximate surface area is 132 Å². The van der Waals surface area contributed by atoms with Gasteiger partial charge in [-0.2, -0.15) is 0 Å². The van der Waals surface area contributed by atoms with E-state index in [1.807, 2.05) is 0 Å². The summed E-state index contributed by atoms with van der Waals surface area (Å²) in [6.07, 6.45) is 16.3. The van der Waals surface area contributed by atoms with Crippen molar-refractivity contribution in [3.05, 3.63) is 80.9 Å². The third kappa shape index (κ3) is 1.76. The van der Waals surface area contributed by atoms with Crippen molar-refractivity contribution in [3.63, 3.8) is 0 Å². The van der Waals surface area contributed by atoms with Crippen molar-refractivity contribution in [1.82, 2.24) is 0 Å². The highest BCUT2D eigenvalue weighted by Crippen LogP contribution is 2.33. The molecule has 0 nitrogen and oxygen atoms in total. The summed E-state index contributed by atoms with van der Waals surface area (Å²) in [7, 11) is 0. The molecule has 0 heterocycles. The SMILES string of the molecule is C1=Cc2c3ccc(c2C1)CCc1ccc(c2c1C=CC2)CC3. The van der Waals surface area contributed by atoms with Crippen molar-refractivity contribution in [2.75, 3.05) is 0 Å². The van der Waals surface area contributed by atoms with E-state index in [1.54, 1.807) is 22.3 Å². The second-order valence-corrected chi connectivity index (χ2v) is 6.77. The van der Waals surface area contributed by atoms with E-state index in [0.29, 0.717) is 0 Å². The van der Waals surface area contributed by atoms with Gasteiger partial charge in [0.25, 0.3) is 0 Å². The molecule has 2 aromatic carbocycles. The van der Waals surface area contributed by atoms with Gasteiger partial charge in [0.05, 0.1) is 0 Å². The van der Waals surface area contributed by atoms with Gasteiger partial charge in [-0.15, -0.1) is 0 Å². The zero-order valence-electron chi connectivity index (χ0n) is 12.9. The van der Waals surface area contributed by atoms with Crippen LogP contribution in [0, 0.1) is 0 Å². The predicted octanol–water partition coefficient (Wildman–Crippen LogP) is 4.71. The molecule has 4 aliphatic rings. The summed E-state index contributed by atoms with van der Waals surface area (Å²) >= 11 is 0. The Balaban J connectivity index is 1.67. The molecule has 0 spiro atoms. The lowest BCUT2D eigenvalue weighted by Gasteiger charge is -2.18. The molecular formula is C22H20. The van der Waals surface area contributed by atoms with Gasteiger partial charge in [0.15, 0.2) is 0 Å². The number of fused-ring (bicyclic) bond motifs is 4. The Kier molecular flexibility index (Phi) is 2.67. The van der Waals surface area contributed by atoms with Crippen LogP contribution in [0.2, 0.25) is 0 Å². The van der Waals surface area contributed by atoms with Crippen molar-refractivity contribution in [3.8, 4) is 0 Å². The number of benzene rings is 2. The Morgan fingerprint density at radius 2 is 0.909 bits per heavy atom. The van der Waals surface area contributed by atoms with Crippen LogP contribution in [-0.2, 0) is 38.5 Å². The zero-order chi connectivity index (χ0) is 14.5. The van der Waals surface area contributed by atoms with Gasteiger partial charge in [-0.05, 0) is 83.0 Å². The van der Waals surface area contributed by atoms with Crippen LogP contribution in [0.4, 0.5) is 0 Å². The first kappa shape index (κ1) is 12.5. The highest BCUT2D eigenvalue weighted by Gasteiger charge is 2.19. The van der Waals surface area contributed by atoms with Gasteiger partial charge >= 0.3 is 0 Å². The predicted molar refractivity (Wildman–Crippen MR) is 93.2 cm³/mol. The smallest absolute Gasteiger partial charge is 0.00853 e. The number of hydrogen-bond acceptors (Lipinski definition) is 0. The van der Waals surface area contributed by atoms with Gasteiger partial charge in [-0.3, -0.25) is 0 Å². The highest BCUT2D eigenvalue weighted by atomic mass is 14.2. The maximum atomic E-state index is 2.39. The van der Waals surface area contributed by atoms with Crippen molar-refractivity contribution >= 4 is 12.2 Å². The van der Waals surface area contributed by atoms with E-state index in [1.165, 1.54) is 47.9 Å². The van der Waals surface area contributed by atoms with Crippen LogP contribution >= 0.6 is 0 Å². The molecule has 4 aliphatic carbocycles. The van der Waals surface area contributed by atoms with Crippen LogP contribution < -0.4 is 0 Å². The molecule has 2 aromatic rings. The summed E-state index contributed by atoms with van der Waals surface area (Å²) in [6.45, 7) is 0. The fourth-order valence-electron chi connectivity index (χ4n) is 4.45. The normalized spacial score (nSPS) is 17.5. The van der Waals surface area contributed by atoms with Gasteiger partial charge in [-0.1, -0.05) is 48.6 Å². The minimum Gasteiger partial charge on any atom is -0.0795 e. The Morgan fingerprint density at radius 3 is 1.41 bits per heavy atom. The van der Waals surface area contributed by atoms with Gasteiger partial charge in [0.2, 0.25) is 0 Å². The van der Waals surface area contributed by atoms with Crippen LogP contribution in [0.15, 0.2) is 36.4 Å². The minimum atomic E-state index is 1.13. The standard InChI is InChI=1S/C22H20/c1-3-19-15-7-8-16(20(19)4-1)12-14-18-10-9-17(13-11-15)21-5-2-6-22(18)21/h1-3,6-10H,4-5,11-14H2. The molecule has 22 heavy (non-hydrogen) atoms. The second-order valence-electron chi connectivity index (χ2n) is 6.77. The van der Waals surface area contributed by atoms with Crippen LogP contribution in [0.5, 0.6) is 0 Å². The molecule has 0 unspecified atom stereocenters. The number of rotatable bonds is 0. The van der Waals surface area contributed by atoms with Crippen LogP contribution in [-0.4, -0.2) is 0 Å². The Morgan fingerprint density at radius 1 is 0.500 bits per heavy atom. The Hall–Kier alpha value is -2.08. The molecular weight excluding hydrogens is 264 g/mol. The Bertz CT molecular complexity index is 762. The first-order valence-electron chi connectivity index (χ1n) is 8.50. The lowest BCUT2D eigenvalue weighted by Crippen LogP contribution is -2.06. The average Bonchev–Trinajstić information content (AvgIpc) is 3.18. The van der Waals surface area contributed by atoms with E-state index in [-0.39, 0.29) is 0 Å². The summed E-state index contributed by atoms with van der Waals surface area (Å²) < 4.78 is 0. The molecule has 0 radical (unpaired) electrons. The first-order valence-corrected chi connectivity index (χ1v) is 8.50. The van der Waals surface area contributed by atoms with E-state index >= 15 is 0 Å². The molecule has 0 amide bonds. The van der Waals surface area contributed by atoms with E-state index in [9.17, 15) is 0 Å². The summed E-state index contributed by atoms with van der Waals surface area (Å²) in [6, 6.07) is 9.56.